The first-order chi connectivity index (χ1) is 11.4. The van der Waals surface area contributed by atoms with Crippen LogP contribution in [0.2, 0.25) is 0 Å². The number of aryl methyl sites for hydroxylation is 2. The minimum Gasteiger partial charge on any atom is -0.326 e. The molecule has 4 nitrogen and oxygen atoms in total. The Kier molecular flexibility index (Phi) is 6.44. The van der Waals surface area contributed by atoms with Crippen LogP contribution in [-0.2, 0) is 15.3 Å². The second-order valence-corrected chi connectivity index (χ2v) is 6.78. The number of amides is 2. The molecular weight excluding hydrogens is 320 g/mol. The fraction of sp³-hybridized carbons (Fsp3) is 0.263. The Hall–Kier alpha value is -2.27. The van der Waals surface area contributed by atoms with Crippen LogP contribution in [0, 0.1) is 13.8 Å². The summed E-state index contributed by atoms with van der Waals surface area (Å²) >= 11 is 1.59. The molecule has 0 aliphatic heterocycles. The van der Waals surface area contributed by atoms with Crippen LogP contribution < -0.4 is 10.6 Å². The molecule has 0 unspecified atom stereocenters. The second kappa shape index (κ2) is 8.55. The lowest BCUT2D eigenvalue weighted by atomic mass is 10.1. The van der Waals surface area contributed by atoms with Crippen LogP contribution in [0.3, 0.4) is 0 Å². The van der Waals surface area contributed by atoms with Crippen molar-refractivity contribution in [2.45, 2.75) is 26.5 Å². The summed E-state index contributed by atoms with van der Waals surface area (Å²) in [6.45, 7) is 5.62. The van der Waals surface area contributed by atoms with Gasteiger partial charge in [-0.25, -0.2) is 0 Å². The van der Waals surface area contributed by atoms with Gasteiger partial charge < -0.3 is 10.6 Å². The van der Waals surface area contributed by atoms with Gasteiger partial charge in [0.15, 0.2) is 0 Å². The van der Waals surface area contributed by atoms with Crippen molar-refractivity contribution in [2.75, 3.05) is 16.4 Å². The van der Waals surface area contributed by atoms with Gasteiger partial charge >= 0.3 is 0 Å². The number of carbonyl (C=O) groups excluding carboxylic acids is 2. The quantitative estimate of drug-likeness (QED) is 0.830. The molecular formula is C19H22N2O2S. The summed E-state index contributed by atoms with van der Waals surface area (Å²) in [7, 11) is 0. The molecule has 0 atom stereocenters. The van der Waals surface area contributed by atoms with Crippen molar-refractivity contribution < 1.29 is 9.59 Å². The average molecular weight is 342 g/mol. The number of hydrogen-bond acceptors (Lipinski definition) is 3. The number of carbonyl (C=O) groups is 2. The molecule has 0 saturated carbocycles. The van der Waals surface area contributed by atoms with Gasteiger partial charge in [0.2, 0.25) is 11.8 Å². The van der Waals surface area contributed by atoms with E-state index in [9.17, 15) is 9.59 Å². The van der Waals surface area contributed by atoms with Crippen molar-refractivity contribution in [2.24, 2.45) is 0 Å². The van der Waals surface area contributed by atoms with E-state index in [0.29, 0.717) is 11.4 Å². The number of rotatable bonds is 6. The van der Waals surface area contributed by atoms with Crippen LogP contribution in [-0.4, -0.2) is 17.6 Å². The first kappa shape index (κ1) is 18.1. The number of benzene rings is 2. The zero-order chi connectivity index (χ0) is 17.5. The highest BCUT2D eigenvalue weighted by Crippen LogP contribution is 2.17. The molecule has 0 heterocycles. The topological polar surface area (TPSA) is 58.2 Å². The number of thioether (sulfide) groups is 1. The van der Waals surface area contributed by atoms with Gasteiger partial charge in [-0.3, -0.25) is 9.59 Å². The summed E-state index contributed by atoms with van der Waals surface area (Å²) in [5.74, 6) is 1.07. The average Bonchev–Trinajstić information content (AvgIpc) is 2.48. The van der Waals surface area contributed by atoms with Crippen LogP contribution in [0.1, 0.15) is 23.6 Å². The number of hydrogen-bond donors (Lipinski definition) is 2. The normalized spacial score (nSPS) is 10.3. The molecule has 5 heteroatoms. The highest BCUT2D eigenvalue weighted by atomic mass is 32.2. The molecule has 0 radical (unpaired) electrons. The molecule has 0 spiro atoms. The lowest BCUT2D eigenvalue weighted by Crippen LogP contribution is -2.14. The van der Waals surface area contributed by atoms with Crippen molar-refractivity contribution in [3.05, 3.63) is 59.2 Å². The third-order valence-electron chi connectivity index (χ3n) is 3.27. The largest absolute Gasteiger partial charge is 0.326 e. The van der Waals surface area contributed by atoms with Crippen LogP contribution >= 0.6 is 11.8 Å². The van der Waals surface area contributed by atoms with E-state index in [2.05, 4.69) is 42.7 Å². The van der Waals surface area contributed by atoms with Gasteiger partial charge in [0, 0.05) is 24.1 Å². The summed E-state index contributed by atoms with van der Waals surface area (Å²) in [6.07, 6.45) is 0. The minimum atomic E-state index is -0.116. The summed E-state index contributed by atoms with van der Waals surface area (Å²) in [6, 6.07) is 13.5. The van der Waals surface area contributed by atoms with E-state index in [0.717, 1.165) is 11.4 Å². The fourth-order valence-electron chi connectivity index (χ4n) is 2.45. The van der Waals surface area contributed by atoms with Crippen molar-refractivity contribution in [1.82, 2.24) is 0 Å². The van der Waals surface area contributed by atoms with E-state index in [1.54, 1.807) is 36.0 Å². The monoisotopic (exact) mass is 342 g/mol. The van der Waals surface area contributed by atoms with E-state index in [-0.39, 0.29) is 11.8 Å². The van der Waals surface area contributed by atoms with Crippen molar-refractivity contribution in [3.63, 3.8) is 0 Å². The van der Waals surface area contributed by atoms with Crippen LogP contribution in [0.15, 0.2) is 42.5 Å². The molecule has 0 fully saturated rings. The summed E-state index contributed by atoms with van der Waals surface area (Å²) in [5.41, 5.74) is 5.17. The molecule has 2 aromatic rings. The van der Waals surface area contributed by atoms with E-state index in [1.807, 2.05) is 0 Å². The Labute approximate surface area is 147 Å². The highest BCUT2D eigenvalue weighted by molar-refractivity contribution is 7.99. The van der Waals surface area contributed by atoms with Gasteiger partial charge in [0.1, 0.15) is 0 Å². The van der Waals surface area contributed by atoms with Crippen molar-refractivity contribution in [3.8, 4) is 0 Å². The Morgan fingerprint density at radius 2 is 1.46 bits per heavy atom. The smallest absolute Gasteiger partial charge is 0.234 e. The molecule has 0 saturated heterocycles. The molecule has 0 bridgehead atoms. The van der Waals surface area contributed by atoms with Gasteiger partial charge in [-0.05, 0) is 43.7 Å². The van der Waals surface area contributed by atoms with Crippen molar-refractivity contribution >= 4 is 35.0 Å². The maximum atomic E-state index is 12.0. The number of anilines is 2. The fourth-order valence-corrected chi connectivity index (χ4v) is 3.21. The van der Waals surface area contributed by atoms with Crippen LogP contribution in [0.5, 0.6) is 0 Å². The van der Waals surface area contributed by atoms with Gasteiger partial charge in [0.25, 0.3) is 0 Å². The molecule has 0 aliphatic rings. The van der Waals surface area contributed by atoms with Crippen molar-refractivity contribution in [1.29, 1.82) is 0 Å². The van der Waals surface area contributed by atoms with Crippen LogP contribution in [0.25, 0.3) is 0 Å². The Morgan fingerprint density at radius 3 is 2.00 bits per heavy atom. The van der Waals surface area contributed by atoms with E-state index < -0.39 is 0 Å². The Balaban J connectivity index is 1.79. The molecule has 0 aliphatic carbocycles. The molecule has 2 aromatic carbocycles. The standard InChI is InChI=1S/C19H22N2O2S/c1-13-8-14(2)10-16(9-13)11-24-12-19(23)21-18-6-4-17(5-7-18)20-15(3)22/h4-10H,11-12H2,1-3H3,(H,20,22)(H,21,23). The molecule has 126 valence electrons. The zero-order valence-electron chi connectivity index (χ0n) is 14.2. The summed E-state index contributed by atoms with van der Waals surface area (Å²) in [4.78, 5) is 23.0. The molecule has 2 N–H and O–H groups in total. The summed E-state index contributed by atoms with van der Waals surface area (Å²) < 4.78 is 0. The van der Waals surface area contributed by atoms with Gasteiger partial charge in [-0.1, -0.05) is 29.3 Å². The zero-order valence-corrected chi connectivity index (χ0v) is 15.0. The second-order valence-electron chi connectivity index (χ2n) is 5.80. The molecule has 24 heavy (non-hydrogen) atoms. The van der Waals surface area contributed by atoms with Gasteiger partial charge in [-0.2, -0.15) is 0 Å². The SMILES string of the molecule is CC(=O)Nc1ccc(NC(=O)CSCc2cc(C)cc(C)c2)cc1. The van der Waals surface area contributed by atoms with E-state index in [1.165, 1.54) is 23.6 Å². The number of nitrogens with one attached hydrogen (secondary N) is 2. The predicted octanol–water partition coefficient (Wildman–Crippen LogP) is 4.13. The minimum absolute atomic E-state index is 0.0309. The lowest BCUT2D eigenvalue weighted by molar-refractivity contribution is -0.114. The Bertz CT molecular complexity index is 706. The maximum absolute atomic E-state index is 12.0. The molecule has 2 rings (SSSR count). The van der Waals surface area contributed by atoms with E-state index in [4.69, 9.17) is 0 Å². The first-order valence-corrected chi connectivity index (χ1v) is 8.90. The summed E-state index contributed by atoms with van der Waals surface area (Å²) in [5, 5.41) is 5.55. The molecule has 0 aromatic heterocycles. The van der Waals surface area contributed by atoms with E-state index >= 15 is 0 Å². The van der Waals surface area contributed by atoms with Gasteiger partial charge in [-0.15, -0.1) is 11.8 Å². The predicted molar refractivity (Wildman–Crippen MR) is 101 cm³/mol. The highest BCUT2D eigenvalue weighted by Gasteiger charge is 2.04. The maximum Gasteiger partial charge on any atom is 0.234 e. The van der Waals surface area contributed by atoms with Gasteiger partial charge in [0.05, 0.1) is 5.75 Å². The Morgan fingerprint density at radius 1 is 0.917 bits per heavy atom. The molecule has 2 amide bonds. The first-order valence-electron chi connectivity index (χ1n) is 7.75. The third kappa shape index (κ3) is 6.08. The van der Waals surface area contributed by atoms with Crippen LogP contribution in [0.4, 0.5) is 11.4 Å². The third-order valence-corrected chi connectivity index (χ3v) is 4.28. The lowest BCUT2D eigenvalue weighted by Gasteiger charge is -2.08.